The predicted octanol–water partition coefficient (Wildman–Crippen LogP) is 3.60. The summed E-state index contributed by atoms with van der Waals surface area (Å²) in [5.74, 6) is -0.0754. The highest BCUT2D eigenvalue weighted by molar-refractivity contribution is 7.89. The van der Waals surface area contributed by atoms with Crippen LogP contribution in [0.5, 0.6) is 11.5 Å². The van der Waals surface area contributed by atoms with Crippen LogP contribution < -0.4 is 14.8 Å². The van der Waals surface area contributed by atoms with Gasteiger partial charge >= 0.3 is 0 Å². The SMILES string of the molecule is COc1cc(NC(=O)C2Cc3ccccc3CN2S(=O)(=O)c2ccc(F)cc2)cc(OC)c1. The topological polar surface area (TPSA) is 84.9 Å². The first-order valence-electron chi connectivity index (χ1n) is 10.2. The number of benzene rings is 3. The van der Waals surface area contributed by atoms with E-state index in [4.69, 9.17) is 9.47 Å². The van der Waals surface area contributed by atoms with Gasteiger partial charge in [-0.1, -0.05) is 24.3 Å². The van der Waals surface area contributed by atoms with Crippen molar-refractivity contribution in [2.75, 3.05) is 19.5 Å². The van der Waals surface area contributed by atoms with Crippen LogP contribution in [0.2, 0.25) is 0 Å². The number of ether oxygens (including phenoxy) is 2. The van der Waals surface area contributed by atoms with E-state index in [1.54, 1.807) is 18.2 Å². The zero-order valence-electron chi connectivity index (χ0n) is 18.1. The molecule has 0 aromatic heterocycles. The number of rotatable bonds is 6. The quantitative estimate of drug-likeness (QED) is 0.595. The molecule has 9 heteroatoms. The number of nitrogens with one attached hydrogen (secondary N) is 1. The van der Waals surface area contributed by atoms with Gasteiger partial charge in [0.05, 0.1) is 19.1 Å². The Morgan fingerprint density at radius 3 is 2.18 bits per heavy atom. The van der Waals surface area contributed by atoms with Crippen LogP contribution >= 0.6 is 0 Å². The Balaban J connectivity index is 1.71. The second kappa shape index (κ2) is 9.21. The molecule has 1 N–H and O–H groups in total. The molecule has 0 radical (unpaired) electrons. The average Bonchev–Trinajstić information content (AvgIpc) is 2.83. The minimum Gasteiger partial charge on any atom is -0.497 e. The maximum absolute atomic E-state index is 13.5. The molecule has 0 saturated carbocycles. The lowest BCUT2D eigenvalue weighted by Crippen LogP contribution is -2.50. The number of carbonyl (C=O) groups excluding carboxylic acids is 1. The average molecular weight is 471 g/mol. The number of carbonyl (C=O) groups is 1. The molecule has 0 saturated heterocycles. The lowest BCUT2D eigenvalue weighted by Gasteiger charge is -2.35. The number of anilines is 1. The van der Waals surface area contributed by atoms with Gasteiger partial charge in [-0.15, -0.1) is 0 Å². The predicted molar refractivity (Wildman–Crippen MR) is 121 cm³/mol. The van der Waals surface area contributed by atoms with Gasteiger partial charge in [0.25, 0.3) is 0 Å². The third kappa shape index (κ3) is 4.69. The number of hydrogen-bond acceptors (Lipinski definition) is 5. The van der Waals surface area contributed by atoms with Crippen molar-refractivity contribution in [3.8, 4) is 11.5 Å². The smallest absolute Gasteiger partial charge is 0.244 e. The number of nitrogens with zero attached hydrogens (tertiary/aromatic N) is 1. The maximum Gasteiger partial charge on any atom is 0.244 e. The van der Waals surface area contributed by atoms with Crippen molar-refractivity contribution in [3.63, 3.8) is 0 Å². The molecule has 0 bridgehead atoms. The van der Waals surface area contributed by atoms with Crippen LogP contribution in [0.15, 0.2) is 71.6 Å². The molecule has 1 aliphatic heterocycles. The van der Waals surface area contributed by atoms with Gasteiger partial charge in [0.1, 0.15) is 23.4 Å². The third-order valence-electron chi connectivity index (χ3n) is 5.55. The molecular weight excluding hydrogens is 447 g/mol. The number of halogens is 1. The molecule has 7 nitrogen and oxygen atoms in total. The van der Waals surface area contributed by atoms with Crippen LogP contribution in [0.1, 0.15) is 11.1 Å². The monoisotopic (exact) mass is 470 g/mol. The minimum atomic E-state index is -4.08. The minimum absolute atomic E-state index is 0.0232. The Morgan fingerprint density at radius 1 is 0.970 bits per heavy atom. The van der Waals surface area contributed by atoms with E-state index < -0.39 is 27.8 Å². The highest BCUT2D eigenvalue weighted by atomic mass is 32.2. The van der Waals surface area contributed by atoms with E-state index in [1.807, 2.05) is 24.3 Å². The van der Waals surface area contributed by atoms with Crippen LogP contribution in [0.4, 0.5) is 10.1 Å². The summed E-state index contributed by atoms with van der Waals surface area (Å²) in [6.07, 6.45) is 0.198. The summed E-state index contributed by atoms with van der Waals surface area (Å²) in [6.45, 7) is 0.0232. The fraction of sp³-hybridized carbons (Fsp3) is 0.208. The van der Waals surface area contributed by atoms with E-state index in [2.05, 4.69) is 5.32 Å². The molecule has 1 amide bonds. The Kier molecular flexibility index (Phi) is 6.35. The number of amides is 1. The van der Waals surface area contributed by atoms with Crippen molar-refractivity contribution < 1.29 is 27.1 Å². The van der Waals surface area contributed by atoms with E-state index in [9.17, 15) is 17.6 Å². The summed E-state index contributed by atoms with van der Waals surface area (Å²) in [6, 6.07) is 15.9. The largest absolute Gasteiger partial charge is 0.497 e. The van der Waals surface area contributed by atoms with E-state index in [1.165, 1.54) is 26.4 Å². The van der Waals surface area contributed by atoms with Crippen LogP contribution in [0.3, 0.4) is 0 Å². The van der Waals surface area contributed by atoms with Crippen molar-refractivity contribution in [1.82, 2.24) is 4.31 Å². The Labute approximate surface area is 191 Å². The number of fused-ring (bicyclic) bond motifs is 1. The molecule has 0 spiro atoms. The van der Waals surface area contributed by atoms with E-state index >= 15 is 0 Å². The molecule has 3 aromatic carbocycles. The zero-order chi connectivity index (χ0) is 23.6. The zero-order valence-corrected chi connectivity index (χ0v) is 18.9. The number of methoxy groups -OCH3 is 2. The third-order valence-corrected chi connectivity index (χ3v) is 7.42. The van der Waals surface area contributed by atoms with Gasteiger partial charge in [-0.2, -0.15) is 4.31 Å². The summed E-state index contributed by atoms with van der Waals surface area (Å²) < 4.78 is 52.0. The van der Waals surface area contributed by atoms with Crippen LogP contribution in [-0.4, -0.2) is 38.9 Å². The molecule has 4 rings (SSSR count). The highest BCUT2D eigenvalue weighted by Gasteiger charge is 2.39. The van der Waals surface area contributed by atoms with Gasteiger partial charge < -0.3 is 14.8 Å². The number of hydrogen-bond donors (Lipinski definition) is 1. The van der Waals surface area contributed by atoms with Gasteiger partial charge in [-0.3, -0.25) is 4.79 Å². The maximum atomic E-state index is 13.5. The molecule has 1 aliphatic rings. The van der Waals surface area contributed by atoms with Crippen molar-refractivity contribution in [2.24, 2.45) is 0 Å². The molecule has 0 aliphatic carbocycles. The normalized spacial score (nSPS) is 16.0. The lowest BCUT2D eigenvalue weighted by molar-refractivity contribution is -0.120. The standard InChI is InChI=1S/C24H23FN2O5S/c1-31-20-12-19(13-21(14-20)32-2)26-24(28)23-11-16-5-3-4-6-17(16)15-27(23)33(29,30)22-9-7-18(25)8-10-22/h3-10,12-14,23H,11,15H2,1-2H3,(H,26,28). The van der Waals surface area contributed by atoms with Crippen molar-refractivity contribution in [2.45, 2.75) is 23.9 Å². The van der Waals surface area contributed by atoms with Crippen molar-refractivity contribution in [1.29, 1.82) is 0 Å². The first-order chi connectivity index (χ1) is 15.8. The van der Waals surface area contributed by atoms with Crippen LogP contribution in [0, 0.1) is 5.82 Å². The van der Waals surface area contributed by atoms with Crippen molar-refractivity contribution in [3.05, 3.63) is 83.7 Å². The summed E-state index contributed by atoms with van der Waals surface area (Å²) in [7, 11) is -1.09. The fourth-order valence-corrected chi connectivity index (χ4v) is 5.39. The molecule has 1 heterocycles. The summed E-state index contributed by atoms with van der Waals surface area (Å²) >= 11 is 0. The second-order valence-electron chi connectivity index (χ2n) is 7.58. The van der Waals surface area contributed by atoms with Gasteiger partial charge in [0.15, 0.2) is 0 Å². The Bertz CT molecular complexity index is 1260. The van der Waals surface area contributed by atoms with E-state index in [0.717, 1.165) is 27.6 Å². The highest BCUT2D eigenvalue weighted by Crippen LogP contribution is 2.31. The molecule has 172 valence electrons. The molecule has 0 fully saturated rings. The molecule has 1 unspecified atom stereocenters. The molecular formula is C24H23FN2O5S. The second-order valence-corrected chi connectivity index (χ2v) is 9.47. The van der Waals surface area contributed by atoms with Crippen LogP contribution in [0.25, 0.3) is 0 Å². The van der Waals surface area contributed by atoms with Gasteiger partial charge in [0, 0.05) is 30.4 Å². The molecule has 3 aromatic rings. The fourth-order valence-electron chi connectivity index (χ4n) is 3.82. The summed E-state index contributed by atoms with van der Waals surface area (Å²) in [5.41, 5.74) is 2.12. The van der Waals surface area contributed by atoms with Gasteiger partial charge in [-0.05, 0) is 41.8 Å². The Morgan fingerprint density at radius 2 is 1.58 bits per heavy atom. The van der Waals surface area contributed by atoms with E-state index in [0.29, 0.717) is 17.2 Å². The van der Waals surface area contributed by atoms with Gasteiger partial charge in [0.2, 0.25) is 15.9 Å². The van der Waals surface area contributed by atoms with Crippen LogP contribution in [-0.2, 0) is 27.8 Å². The molecule has 1 atom stereocenters. The molecule has 33 heavy (non-hydrogen) atoms. The van der Waals surface area contributed by atoms with Gasteiger partial charge in [-0.25, -0.2) is 12.8 Å². The Hall–Kier alpha value is -3.43. The van der Waals surface area contributed by atoms with E-state index in [-0.39, 0.29) is 17.9 Å². The lowest BCUT2D eigenvalue weighted by atomic mass is 9.95. The summed E-state index contributed by atoms with van der Waals surface area (Å²) in [4.78, 5) is 13.3. The van der Waals surface area contributed by atoms with Crippen molar-refractivity contribution >= 4 is 21.6 Å². The first-order valence-corrected chi connectivity index (χ1v) is 11.6. The number of sulfonamides is 1. The summed E-state index contributed by atoms with van der Waals surface area (Å²) in [5, 5.41) is 2.79. The first kappa shape index (κ1) is 22.8.